The van der Waals surface area contributed by atoms with E-state index in [1.54, 1.807) is 7.11 Å². The van der Waals surface area contributed by atoms with Gasteiger partial charge >= 0.3 is 0 Å². The fraction of sp³-hybridized carbons (Fsp3) is 0.526. The maximum absolute atomic E-state index is 12.2. The summed E-state index contributed by atoms with van der Waals surface area (Å²) in [7, 11) is 3.47. The first kappa shape index (κ1) is 17.8. The number of carbonyl (C=O) groups is 1. The molecule has 1 N–H and O–H groups in total. The van der Waals surface area contributed by atoms with Crippen molar-refractivity contribution in [3.63, 3.8) is 0 Å². The Balaban J connectivity index is 1.24. The first-order valence-electron chi connectivity index (χ1n) is 9.23. The molecule has 144 valence electrons. The second-order valence-corrected chi connectivity index (χ2v) is 7.39. The lowest BCUT2D eigenvalue weighted by atomic mass is 9.83. The van der Waals surface area contributed by atoms with Gasteiger partial charge in [0.05, 0.1) is 26.8 Å². The van der Waals surface area contributed by atoms with Crippen LogP contribution in [-0.4, -0.2) is 59.4 Å². The molecule has 2 saturated heterocycles. The van der Waals surface area contributed by atoms with Crippen LogP contribution in [0.15, 0.2) is 30.7 Å². The zero-order chi connectivity index (χ0) is 18.9. The normalized spacial score (nSPS) is 21.0. The summed E-state index contributed by atoms with van der Waals surface area (Å²) < 4.78 is 13.2. The molecule has 0 saturated carbocycles. The number of aryl methyl sites for hydroxylation is 1. The van der Waals surface area contributed by atoms with Crippen molar-refractivity contribution in [3.05, 3.63) is 36.4 Å². The second kappa shape index (κ2) is 7.19. The number of methoxy groups -OCH3 is 1. The molecule has 2 aromatic heterocycles. The molecule has 4 rings (SSSR count). The third-order valence-corrected chi connectivity index (χ3v) is 5.48. The van der Waals surface area contributed by atoms with Gasteiger partial charge in [-0.2, -0.15) is 0 Å². The first-order valence-corrected chi connectivity index (χ1v) is 9.23. The van der Waals surface area contributed by atoms with Crippen LogP contribution in [0.3, 0.4) is 0 Å². The number of hydrogen-bond acceptors (Lipinski definition) is 6. The molecule has 2 aromatic rings. The van der Waals surface area contributed by atoms with Gasteiger partial charge in [-0.1, -0.05) is 0 Å². The van der Waals surface area contributed by atoms with Gasteiger partial charge in [0.2, 0.25) is 5.88 Å². The molecule has 1 spiro atoms. The van der Waals surface area contributed by atoms with E-state index in [9.17, 15) is 4.79 Å². The lowest BCUT2D eigenvalue weighted by Gasteiger charge is -2.53. The number of amides is 1. The quantitative estimate of drug-likeness (QED) is 0.852. The number of rotatable bonds is 5. The van der Waals surface area contributed by atoms with Crippen LogP contribution in [0.1, 0.15) is 23.3 Å². The minimum atomic E-state index is -0.0865. The molecule has 4 heterocycles. The molecule has 0 bridgehead atoms. The standard InChI is InChI=1S/C19H25N5O3/c1-23-7-3-4-15(23)18(25)20-9-14-5-6-19(27-10-14)11-24(12-19)16-8-17(26-2)22-13-21-16/h3-4,7-8,13-14H,5-6,9-12H2,1-2H3,(H,20,25)/t14-/m1/s1. The molecule has 2 aliphatic rings. The summed E-state index contributed by atoms with van der Waals surface area (Å²) in [6, 6.07) is 5.54. The Morgan fingerprint density at radius 2 is 2.30 bits per heavy atom. The number of carbonyl (C=O) groups excluding carboxylic acids is 1. The van der Waals surface area contributed by atoms with Crippen molar-refractivity contribution in [3.8, 4) is 5.88 Å². The summed E-state index contributed by atoms with van der Waals surface area (Å²) >= 11 is 0. The summed E-state index contributed by atoms with van der Waals surface area (Å²) in [6.45, 7) is 2.98. The van der Waals surface area contributed by atoms with Crippen LogP contribution in [0.2, 0.25) is 0 Å². The Morgan fingerprint density at radius 1 is 1.44 bits per heavy atom. The molecule has 8 nitrogen and oxygen atoms in total. The van der Waals surface area contributed by atoms with Crippen LogP contribution < -0.4 is 15.0 Å². The summed E-state index contributed by atoms with van der Waals surface area (Å²) in [5.74, 6) is 1.76. The Bertz CT molecular complexity index is 805. The van der Waals surface area contributed by atoms with E-state index in [2.05, 4.69) is 20.2 Å². The molecule has 27 heavy (non-hydrogen) atoms. The highest BCUT2D eigenvalue weighted by Gasteiger charge is 2.47. The van der Waals surface area contributed by atoms with E-state index in [0.29, 0.717) is 30.6 Å². The van der Waals surface area contributed by atoms with Gasteiger partial charge in [0.1, 0.15) is 23.4 Å². The highest BCUT2D eigenvalue weighted by atomic mass is 16.5. The van der Waals surface area contributed by atoms with E-state index in [1.807, 2.05) is 36.0 Å². The van der Waals surface area contributed by atoms with Crippen LogP contribution in [0.5, 0.6) is 5.88 Å². The SMILES string of the molecule is COc1cc(N2CC3(CC[C@H](CNC(=O)c4cccn4C)CO3)C2)ncn1. The van der Waals surface area contributed by atoms with Crippen molar-refractivity contribution in [1.82, 2.24) is 19.9 Å². The number of aromatic nitrogens is 3. The van der Waals surface area contributed by atoms with Crippen molar-refractivity contribution in [2.45, 2.75) is 18.4 Å². The van der Waals surface area contributed by atoms with E-state index in [-0.39, 0.29) is 11.5 Å². The molecule has 0 unspecified atom stereocenters. The number of nitrogens with zero attached hydrogens (tertiary/aromatic N) is 4. The minimum absolute atomic E-state index is 0.0321. The van der Waals surface area contributed by atoms with Crippen LogP contribution >= 0.6 is 0 Å². The Morgan fingerprint density at radius 3 is 2.96 bits per heavy atom. The van der Waals surface area contributed by atoms with Gasteiger partial charge in [0.25, 0.3) is 5.91 Å². The van der Waals surface area contributed by atoms with Crippen LogP contribution in [-0.2, 0) is 11.8 Å². The summed E-state index contributed by atoms with van der Waals surface area (Å²) in [5, 5.41) is 3.03. The van der Waals surface area contributed by atoms with Gasteiger partial charge < -0.3 is 24.3 Å². The van der Waals surface area contributed by atoms with E-state index >= 15 is 0 Å². The van der Waals surface area contributed by atoms with Crippen LogP contribution in [0, 0.1) is 5.92 Å². The molecule has 8 heteroatoms. The fourth-order valence-corrected chi connectivity index (χ4v) is 3.78. The maximum atomic E-state index is 12.2. The average molecular weight is 371 g/mol. The van der Waals surface area contributed by atoms with Crippen molar-refractivity contribution >= 4 is 11.7 Å². The van der Waals surface area contributed by atoms with Crippen molar-refractivity contribution < 1.29 is 14.3 Å². The monoisotopic (exact) mass is 371 g/mol. The Kier molecular flexibility index (Phi) is 4.73. The smallest absolute Gasteiger partial charge is 0.267 e. The summed E-state index contributed by atoms with van der Waals surface area (Å²) in [5.41, 5.74) is 0.592. The molecular formula is C19H25N5O3. The number of hydrogen-bond donors (Lipinski definition) is 1. The second-order valence-electron chi connectivity index (χ2n) is 7.39. The number of nitrogens with one attached hydrogen (secondary N) is 1. The van der Waals surface area contributed by atoms with Gasteiger partial charge in [-0.15, -0.1) is 0 Å². The fourth-order valence-electron chi connectivity index (χ4n) is 3.78. The zero-order valence-electron chi connectivity index (χ0n) is 15.7. The van der Waals surface area contributed by atoms with Crippen LogP contribution in [0.4, 0.5) is 5.82 Å². The predicted octanol–water partition coefficient (Wildman–Crippen LogP) is 1.24. The van der Waals surface area contributed by atoms with Gasteiger partial charge in [0, 0.05) is 25.9 Å². The highest BCUT2D eigenvalue weighted by molar-refractivity contribution is 5.92. The molecule has 0 aliphatic carbocycles. The van der Waals surface area contributed by atoms with Gasteiger partial charge in [-0.05, 0) is 30.9 Å². The van der Waals surface area contributed by atoms with Crippen molar-refractivity contribution in [2.24, 2.45) is 13.0 Å². The van der Waals surface area contributed by atoms with Crippen molar-refractivity contribution in [1.29, 1.82) is 0 Å². The zero-order valence-corrected chi connectivity index (χ0v) is 15.7. The number of anilines is 1. The van der Waals surface area contributed by atoms with E-state index in [4.69, 9.17) is 9.47 Å². The minimum Gasteiger partial charge on any atom is -0.481 e. The lowest BCUT2D eigenvalue weighted by Crippen LogP contribution is -2.65. The topological polar surface area (TPSA) is 81.5 Å². The molecule has 1 atom stereocenters. The molecule has 0 radical (unpaired) electrons. The van der Waals surface area contributed by atoms with Gasteiger partial charge in [-0.3, -0.25) is 4.79 Å². The lowest BCUT2D eigenvalue weighted by molar-refractivity contribution is -0.115. The molecule has 0 aromatic carbocycles. The summed E-state index contributed by atoms with van der Waals surface area (Å²) in [6.07, 6.45) is 5.44. The summed E-state index contributed by atoms with van der Waals surface area (Å²) in [4.78, 5) is 22.8. The first-order chi connectivity index (χ1) is 13.1. The van der Waals surface area contributed by atoms with Gasteiger partial charge in [-0.25, -0.2) is 9.97 Å². The number of ether oxygens (including phenoxy) is 2. The Hall–Kier alpha value is -2.61. The Labute approximate surface area is 158 Å². The predicted molar refractivity (Wildman–Crippen MR) is 100.0 cm³/mol. The largest absolute Gasteiger partial charge is 0.481 e. The van der Waals surface area contributed by atoms with Crippen molar-refractivity contribution in [2.75, 3.05) is 38.3 Å². The molecule has 1 amide bonds. The average Bonchev–Trinajstić information content (AvgIpc) is 3.11. The van der Waals surface area contributed by atoms with Crippen LogP contribution in [0.25, 0.3) is 0 Å². The maximum Gasteiger partial charge on any atom is 0.267 e. The molecular weight excluding hydrogens is 346 g/mol. The highest BCUT2D eigenvalue weighted by Crippen LogP contribution is 2.38. The van der Waals surface area contributed by atoms with E-state index in [1.165, 1.54) is 6.33 Å². The van der Waals surface area contributed by atoms with Gasteiger partial charge in [0.15, 0.2) is 0 Å². The van der Waals surface area contributed by atoms with E-state index < -0.39 is 0 Å². The van der Waals surface area contributed by atoms with E-state index in [0.717, 1.165) is 31.7 Å². The molecule has 2 aliphatic heterocycles. The third-order valence-electron chi connectivity index (χ3n) is 5.48. The third kappa shape index (κ3) is 3.62. The molecule has 2 fully saturated rings.